The van der Waals surface area contributed by atoms with Gasteiger partial charge in [-0.15, -0.1) is 0 Å². The minimum absolute atomic E-state index is 0.152. The Hall–Kier alpha value is -1.85. The van der Waals surface area contributed by atoms with Crippen LogP contribution in [0.1, 0.15) is 84.5 Å². The number of ether oxygens (including phenoxy) is 4. The Morgan fingerprint density at radius 1 is 1.10 bits per heavy atom. The van der Waals surface area contributed by atoms with E-state index in [1.165, 1.54) is 12.7 Å². The molecule has 0 aromatic carbocycles. The van der Waals surface area contributed by atoms with E-state index in [9.17, 15) is 20.1 Å². The molecule has 0 aromatic rings. The number of esters is 1. The molecule has 238 valence electrons. The number of carbonyl (C=O) groups excluding carboxylic acids is 1. The summed E-state index contributed by atoms with van der Waals surface area (Å²) in [4.78, 5) is 13.0. The van der Waals surface area contributed by atoms with Crippen LogP contribution in [0.4, 0.5) is 0 Å². The quantitative estimate of drug-likeness (QED) is 0.207. The molecule has 9 atom stereocenters. The first-order valence-electron chi connectivity index (χ1n) is 15.6. The van der Waals surface area contributed by atoms with Gasteiger partial charge in [-0.25, -0.2) is 4.79 Å². The Labute approximate surface area is 250 Å². The second-order valence-electron chi connectivity index (χ2n) is 12.0. The Morgan fingerprint density at radius 2 is 1.88 bits per heavy atom. The van der Waals surface area contributed by atoms with Crippen molar-refractivity contribution < 1.29 is 44.2 Å². The van der Waals surface area contributed by atoms with E-state index in [-0.39, 0.29) is 30.7 Å². The molecule has 42 heavy (non-hydrogen) atoms. The number of methoxy groups -OCH3 is 1. The van der Waals surface area contributed by atoms with Gasteiger partial charge in [-0.3, -0.25) is 0 Å². The lowest BCUT2D eigenvalue weighted by Gasteiger charge is -2.49. The first-order valence-corrected chi connectivity index (χ1v) is 15.6. The first kappa shape index (κ1) is 34.6. The molecule has 0 amide bonds. The summed E-state index contributed by atoms with van der Waals surface area (Å²) < 4.78 is 24.0. The maximum absolute atomic E-state index is 13.0. The summed E-state index contributed by atoms with van der Waals surface area (Å²) >= 11 is 0. The fourth-order valence-corrected chi connectivity index (χ4v) is 5.98. The van der Waals surface area contributed by atoms with E-state index in [1.54, 1.807) is 0 Å². The van der Waals surface area contributed by atoms with Crippen LogP contribution in [0.5, 0.6) is 0 Å². The molecule has 4 N–H and O–H groups in total. The van der Waals surface area contributed by atoms with Crippen molar-refractivity contribution >= 4 is 5.97 Å². The second kappa shape index (κ2) is 17.4. The molecule has 9 nitrogen and oxygen atoms in total. The van der Waals surface area contributed by atoms with Crippen molar-refractivity contribution in [2.24, 2.45) is 5.92 Å². The highest BCUT2D eigenvalue weighted by Crippen LogP contribution is 2.40. The van der Waals surface area contributed by atoms with E-state index in [4.69, 9.17) is 24.1 Å². The second-order valence-corrected chi connectivity index (χ2v) is 12.0. The van der Waals surface area contributed by atoms with Gasteiger partial charge in [-0.2, -0.15) is 0 Å². The van der Waals surface area contributed by atoms with Gasteiger partial charge in [0.25, 0.3) is 0 Å². The van der Waals surface area contributed by atoms with Gasteiger partial charge in [-0.1, -0.05) is 55.0 Å². The zero-order chi connectivity index (χ0) is 30.5. The highest BCUT2D eigenvalue weighted by molar-refractivity contribution is 5.75. The van der Waals surface area contributed by atoms with Gasteiger partial charge in [0.1, 0.15) is 12.2 Å². The van der Waals surface area contributed by atoms with E-state index in [2.05, 4.69) is 6.08 Å². The normalized spacial score (nSPS) is 36.0. The van der Waals surface area contributed by atoms with E-state index < -0.39 is 36.3 Å². The average molecular weight is 593 g/mol. The number of allylic oxidation sites excluding steroid dienone is 6. The molecule has 0 spiro atoms. The van der Waals surface area contributed by atoms with Crippen molar-refractivity contribution in [2.45, 2.75) is 133 Å². The smallest absolute Gasteiger partial charge is 0.335 e. The summed E-state index contributed by atoms with van der Waals surface area (Å²) in [5.41, 5.74) is 1.18. The van der Waals surface area contributed by atoms with Crippen LogP contribution in [-0.4, -0.2) is 88.6 Å². The molecule has 9 heteroatoms. The third kappa shape index (κ3) is 10.1. The van der Waals surface area contributed by atoms with Gasteiger partial charge in [0, 0.05) is 32.5 Å². The number of rotatable bonds is 11. The maximum atomic E-state index is 13.0. The van der Waals surface area contributed by atoms with Gasteiger partial charge >= 0.3 is 5.97 Å². The van der Waals surface area contributed by atoms with E-state index in [0.29, 0.717) is 64.2 Å². The third-order valence-corrected chi connectivity index (χ3v) is 8.66. The lowest BCUT2D eigenvalue weighted by molar-refractivity contribution is -0.349. The van der Waals surface area contributed by atoms with Crippen LogP contribution in [0.25, 0.3) is 0 Å². The lowest BCUT2D eigenvalue weighted by atomic mass is 9.82. The average Bonchev–Trinajstić information content (AvgIpc) is 3.45. The fraction of sp³-hybridized carbons (Fsp3) is 0.727. The van der Waals surface area contributed by atoms with Crippen molar-refractivity contribution in [1.29, 1.82) is 0 Å². The number of cyclic esters (lactones) is 1. The number of aliphatic hydroxyl groups excluding tert-OH is 4. The van der Waals surface area contributed by atoms with Gasteiger partial charge in [-0.05, 0) is 64.7 Å². The van der Waals surface area contributed by atoms with Gasteiger partial charge in [0.2, 0.25) is 0 Å². The van der Waals surface area contributed by atoms with Gasteiger partial charge in [0.05, 0.1) is 24.4 Å². The molecule has 0 aromatic heterocycles. The first-order chi connectivity index (χ1) is 20.2. The molecule has 0 unspecified atom stereocenters. The molecule has 3 aliphatic heterocycles. The van der Waals surface area contributed by atoms with Crippen LogP contribution in [0.2, 0.25) is 0 Å². The standard InChI is InChI=1S/C33H52O9/c1-23(12-7-5-4-6-10-21-34)13-8-9-14-25(35)22-27-15-11-16-28-24(2)30(36)31(37)33(39-3,42-28)20-19-26-17-18-29(40-26)32(38)41-27/h4-9,13,24-31,34-37H,10-12,14-22H2,1-3H3/b6-4-,7-5-,9-8-,23-13-/t24-,25+,26+,27+,28-,29+,30+,31-,33+/m0/s1. The largest absolute Gasteiger partial charge is 0.460 e. The predicted octanol–water partition coefficient (Wildman–Crippen LogP) is 4.04. The van der Waals surface area contributed by atoms with Gasteiger partial charge < -0.3 is 39.4 Å². The predicted molar refractivity (Wildman–Crippen MR) is 159 cm³/mol. The monoisotopic (exact) mass is 592 g/mol. The van der Waals surface area contributed by atoms with Crippen LogP contribution in [0.15, 0.2) is 48.1 Å². The van der Waals surface area contributed by atoms with Crippen molar-refractivity contribution in [3.05, 3.63) is 48.1 Å². The number of aliphatic hydroxyl groups is 4. The molecular formula is C33H52O9. The van der Waals surface area contributed by atoms with Crippen molar-refractivity contribution in [1.82, 2.24) is 0 Å². The van der Waals surface area contributed by atoms with Crippen molar-refractivity contribution in [2.75, 3.05) is 13.7 Å². The highest BCUT2D eigenvalue weighted by atomic mass is 16.7. The van der Waals surface area contributed by atoms with E-state index in [1.807, 2.05) is 50.3 Å². The number of carbonyl (C=O) groups is 1. The highest BCUT2D eigenvalue weighted by Gasteiger charge is 2.53. The molecule has 3 aliphatic rings. The molecule has 0 aliphatic carbocycles. The van der Waals surface area contributed by atoms with E-state index in [0.717, 1.165) is 6.42 Å². The van der Waals surface area contributed by atoms with Crippen LogP contribution >= 0.6 is 0 Å². The Bertz CT molecular complexity index is 944. The molecule has 3 heterocycles. The SMILES string of the molecule is CO[C@]12CC[C@H]3CC[C@@H](O3)C(=O)O[C@@H](C[C@H](O)C/C=C\C=C(\C)C/C=C\C=C/CCO)CCC[C@H](O1)[C@H](C)[C@@H](O)[C@@H]2O. The molecule has 0 saturated carbocycles. The van der Waals surface area contributed by atoms with Crippen LogP contribution in [-0.2, 0) is 23.7 Å². The summed E-state index contributed by atoms with van der Waals surface area (Å²) in [6.07, 6.45) is 15.3. The molecular weight excluding hydrogens is 540 g/mol. The molecule has 3 fully saturated rings. The Morgan fingerprint density at radius 3 is 2.64 bits per heavy atom. The number of fused-ring (bicyclic) bond motifs is 4. The zero-order valence-electron chi connectivity index (χ0n) is 25.5. The summed E-state index contributed by atoms with van der Waals surface area (Å²) in [6, 6.07) is 0. The Balaban J connectivity index is 1.59. The summed E-state index contributed by atoms with van der Waals surface area (Å²) in [6.45, 7) is 4.06. The molecule has 3 saturated heterocycles. The summed E-state index contributed by atoms with van der Waals surface area (Å²) in [5, 5.41) is 41.3. The summed E-state index contributed by atoms with van der Waals surface area (Å²) in [5.74, 6) is -2.01. The molecule has 4 bridgehead atoms. The third-order valence-electron chi connectivity index (χ3n) is 8.66. The summed E-state index contributed by atoms with van der Waals surface area (Å²) in [7, 11) is 1.49. The van der Waals surface area contributed by atoms with Crippen molar-refractivity contribution in [3.63, 3.8) is 0 Å². The van der Waals surface area contributed by atoms with Crippen molar-refractivity contribution in [3.8, 4) is 0 Å². The minimum atomic E-state index is -1.33. The maximum Gasteiger partial charge on any atom is 0.335 e. The van der Waals surface area contributed by atoms with Gasteiger partial charge in [0.15, 0.2) is 11.9 Å². The van der Waals surface area contributed by atoms with Crippen LogP contribution in [0.3, 0.4) is 0 Å². The zero-order valence-corrected chi connectivity index (χ0v) is 25.5. The molecule has 0 radical (unpaired) electrons. The van der Waals surface area contributed by atoms with Crippen LogP contribution in [0, 0.1) is 5.92 Å². The number of hydrogen-bond donors (Lipinski definition) is 4. The minimum Gasteiger partial charge on any atom is -0.460 e. The van der Waals surface area contributed by atoms with E-state index >= 15 is 0 Å². The fourth-order valence-electron chi connectivity index (χ4n) is 5.98. The van der Waals surface area contributed by atoms with Crippen LogP contribution < -0.4 is 0 Å². The lowest BCUT2D eigenvalue weighted by Crippen LogP contribution is -2.62. The Kier molecular flexibility index (Phi) is 14.4. The number of hydrogen-bond acceptors (Lipinski definition) is 9. The topological polar surface area (TPSA) is 135 Å². The molecule has 3 rings (SSSR count).